The molecule has 0 unspecified atom stereocenters. The number of aromatic amines is 1. The Labute approximate surface area is 94.8 Å². The second-order valence-electron chi connectivity index (χ2n) is 3.63. The van der Waals surface area contributed by atoms with Gasteiger partial charge in [0, 0.05) is 13.0 Å². The molecular weight excluding hydrogens is 208 g/mol. The molecular formula is C10H18N4O2. The Morgan fingerprint density at radius 3 is 2.88 bits per heavy atom. The standard InChI is InChI=1S/C10H18N4O2/c1-4-8-12-9(14-13-8)10(15)11-5-6-16-7(2)3/h7H,4-6H2,1-3H3,(H,11,15)(H,12,13,14). The van der Waals surface area contributed by atoms with Gasteiger partial charge in [0.05, 0.1) is 12.7 Å². The second-order valence-corrected chi connectivity index (χ2v) is 3.63. The zero-order valence-electron chi connectivity index (χ0n) is 9.91. The van der Waals surface area contributed by atoms with Gasteiger partial charge in [-0.15, -0.1) is 5.10 Å². The highest BCUT2D eigenvalue weighted by Gasteiger charge is 2.10. The first-order valence-corrected chi connectivity index (χ1v) is 5.44. The highest BCUT2D eigenvalue weighted by atomic mass is 16.5. The maximum Gasteiger partial charge on any atom is 0.291 e. The maximum atomic E-state index is 11.5. The summed E-state index contributed by atoms with van der Waals surface area (Å²) in [5.41, 5.74) is 0. The quantitative estimate of drug-likeness (QED) is 0.693. The first kappa shape index (κ1) is 12.6. The van der Waals surface area contributed by atoms with E-state index in [0.29, 0.717) is 19.0 Å². The van der Waals surface area contributed by atoms with Gasteiger partial charge in [-0.05, 0) is 13.8 Å². The van der Waals surface area contributed by atoms with E-state index in [1.807, 2.05) is 20.8 Å². The molecule has 16 heavy (non-hydrogen) atoms. The Hall–Kier alpha value is -1.43. The minimum Gasteiger partial charge on any atom is -0.377 e. The summed E-state index contributed by atoms with van der Waals surface area (Å²) in [5.74, 6) is 0.619. The molecule has 1 aromatic heterocycles. The van der Waals surface area contributed by atoms with Crippen molar-refractivity contribution in [3.8, 4) is 0 Å². The van der Waals surface area contributed by atoms with Crippen LogP contribution in [0.1, 0.15) is 37.2 Å². The smallest absolute Gasteiger partial charge is 0.291 e. The lowest BCUT2D eigenvalue weighted by molar-refractivity contribution is 0.0743. The average Bonchev–Trinajstić information content (AvgIpc) is 2.72. The fourth-order valence-corrected chi connectivity index (χ4v) is 1.09. The van der Waals surface area contributed by atoms with Crippen molar-refractivity contribution >= 4 is 5.91 Å². The van der Waals surface area contributed by atoms with Crippen LogP contribution in [0, 0.1) is 0 Å². The number of aromatic nitrogens is 3. The molecule has 90 valence electrons. The van der Waals surface area contributed by atoms with E-state index in [4.69, 9.17) is 4.74 Å². The summed E-state index contributed by atoms with van der Waals surface area (Å²) in [7, 11) is 0. The molecule has 0 bridgehead atoms. The molecule has 0 radical (unpaired) electrons. The Bertz CT molecular complexity index is 335. The molecule has 0 fully saturated rings. The van der Waals surface area contributed by atoms with Gasteiger partial charge in [0.15, 0.2) is 0 Å². The van der Waals surface area contributed by atoms with Crippen LogP contribution in [0.5, 0.6) is 0 Å². The lowest BCUT2D eigenvalue weighted by Gasteiger charge is -2.07. The fraction of sp³-hybridized carbons (Fsp3) is 0.700. The Morgan fingerprint density at radius 1 is 1.56 bits per heavy atom. The SMILES string of the molecule is CCc1nc(C(=O)NCCOC(C)C)n[nH]1. The van der Waals surface area contributed by atoms with Crippen LogP contribution < -0.4 is 5.32 Å². The summed E-state index contributed by atoms with van der Waals surface area (Å²) >= 11 is 0. The van der Waals surface area contributed by atoms with Crippen LogP contribution in [0.25, 0.3) is 0 Å². The molecule has 0 aromatic carbocycles. The molecule has 0 aliphatic heterocycles. The van der Waals surface area contributed by atoms with Crippen LogP contribution in [0.3, 0.4) is 0 Å². The van der Waals surface area contributed by atoms with Crippen molar-refractivity contribution < 1.29 is 9.53 Å². The van der Waals surface area contributed by atoms with Gasteiger partial charge >= 0.3 is 0 Å². The Balaban J connectivity index is 2.29. The number of amides is 1. The summed E-state index contributed by atoms with van der Waals surface area (Å²) in [6.07, 6.45) is 0.906. The maximum absolute atomic E-state index is 11.5. The van der Waals surface area contributed by atoms with Gasteiger partial charge in [-0.2, -0.15) is 0 Å². The van der Waals surface area contributed by atoms with Crippen LogP contribution in [0.4, 0.5) is 0 Å². The van der Waals surface area contributed by atoms with Crippen LogP contribution >= 0.6 is 0 Å². The van der Waals surface area contributed by atoms with Crippen LogP contribution in [0.2, 0.25) is 0 Å². The lowest BCUT2D eigenvalue weighted by Crippen LogP contribution is -2.28. The predicted molar refractivity (Wildman–Crippen MR) is 59.2 cm³/mol. The summed E-state index contributed by atoms with van der Waals surface area (Å²) in [6.45, 7) is 6.80. The molecule has 0 spiro atoms. The second kappa shape index (κ2) is 6.22. The zero-order chi connectivity index (χ0) is 12.0. The highest BCUT2D eigenvalue weighted by Crippen LogP contribution is 1.93. The van der Waals surface area contributed by atoms with Crippen molar-refractivity contribution in [2.75, 3.05) is 13.2 Å². The molecule has 6 heteroatoms. The van der Waals surface area contributed by atoms with E-state index in [9.17, 15) is 4.79 Å². The number of H-pyrrole nitrogens is 1. The van der Waals surface area contributed by atoms with E-state index in [1.54, 1.807) is 0 Å². The molecule has 0 aliphatic rings. The topological polar surface area (TPSA) is 79.9 Å². The average molecular weight is 226 g/mol. The lowest BCUT2D eigenvalue weighted by atomic mass is 10.4. The van der Waals surface area contributed by atoms with Gasteiger partial charge in [0.25, 0.3) is 5.91 Å². The third kappa shape index (κ3) is 3.98. The van der Waals surface area contributed by atoms with Crippen molar-refractivity contribution in [1.29, 1.82) is 0 Å². The molecule has 0 atom stereocenters. The van der Waals surface area contributed by atoms with Gasteiger partial charge in [0.2, 0.25) is 5.82 Å². The van der Waals surface area contributed by atoms with Gasteiger partial charge in [-0.3, -0.25) is 9.89 Å². The van der Waals surface area contributed by atoms with Gasteiger partial charge < -0.3 is 10.1 Å². The number of hydrogen-bond acceptors (Lipinski definition) is 4. The molecule has 2 N–H and O–H groups in total. The Morgan fingerprint density at radius 2 is 2.31 bits per heavy atom. The van der Waals surface area contributed by atoms with E-state index in [2.05, 4.69) is 20.5 Å². The highest BCUT2D eigenvalue weighted by molar-refractivity contribution is 5.90. The van der Waals surface area contributed by atoms with Crippen LogP contribution in [0.15, 0.2) is 0 Å². The Kier molecular flexibility index (Phi) is 4.91. The predicted octanol–water partition coefficient (Wildman–Crippen LogP) is 0.522. The molecule has 6 nitrogen and oxygen atoms in total. The molecule has 0 saturated carbocycles. The molecule has 1 amide bonds. The van der Waals surface area contributed by atoms with Gasteiger partial charge in [0.1, 0.15) is 5.82 Å². The van der Waals surface area contributed by atoms with Crippen molar-refractivity contribution in [1.82, 2.24) is 20.5 Å². The largest absolute Gasteiger partial charge is 0.377 e. The number of nitrogens with one attached hydrogen (secondary N) is 2. The van der Waals surface area contributed by atoms with Crippen LogP contribution in [-0.2, 0) is 11.2 Å². The molecule has 1 aromatic rings. The summed E-state index contributed by atoms with van der Waals surface area (Å²) < 4.78 is 5.29. The van der Waals surface area contributed by atoms with E-state index >= 15 is 0 Å². The van der Waals surface area contributed by atoms with Crippen molar-refractivity contribution in [3.63, 3.8) is 0 Å². The molecule has 1 heterocycles. The number of carbonyl (C=O) groups excluding carboxylic acids is 1. The number of hydrogen-bond donors (Lipinski definition) is 2. The van der Waals surface area contributed by atoms with E-state index in [1.165, 1.54) is 0 Å². The van der Waals surface area contributed by atoms with E-state index in [-0.39, 0.29) is 17.8 Å². The third-order valence-corrected chi connectivity index (χ3v) is 1.91. The van der Waals surface area contributed by atoms with E-state index < -0.39 is 0 Å². The number of aryl methyl sites for hydroxylation is 1. The molecule has 1 rings (SSSR count). The first-order valence-electron chi connectivity index (χ1n) is 5.44. The summed E-state index contributed by atoms with van der Waals surface area (Å²) in [4.78, 5) is 15.5. The number of ether oxygens (including phenoxy) is 1. The number of carbonyl (C=O) groups is 1. The first-order chi connectivity index (χ1) is 7.63. The van der Waals surface area contributed by atoms with Gasteiger partial charge in [-0.1, -0.05) is 6.92 Å². The molecule has 0 aliphatic carbocycles. The monoisotopic (exact) mass is 226 g/mol. The minimum atomic E-state index is -0.275. The van der Waals surface area contributed by atoms with Crippen molar-refractivity contribution in [2.45, 2.75) is 33.3 Å². The summed E-state index contributed by atoms with van der Waals surface area (Å²) in [5, 5.41) is 9.19. The normalized spacial score (nSPS) is 10.8. The van der Waals surface area contributed by atoms with Crippen LogP contribution in [-0.4, -0.2) is 40.3 Å². The van der Waals surface area contributed by atoms with E-state index in [0.717, 1.165) is 6.42 Å². The minimum absolute atomic E-state index is 0.173. The number of rotatable bonds is 6. The number of nitrogens with zero attached hydrogens (tertiary/aromatic N) is 2. The van der Waals surface area contributed by atoms with Gasteiger partial charge in [-0.25, -0.2) is 4.98 Å². The fourth-order valence-electron chi connectivity index (χ4n) is 1.09. The summed E-state index contributed by atoms with van der Waals surface area (Å²) in [6, 6.07) is 0. The third-order valence-electron chi connectivity index (χ3n) is 1.91. The van der Waals surface area contributed by atoms with Crippen molar-refractivity contribution in [2.24, 2.45) is 0 Å². The zero-order valence-corrected chi connectivity index (χ0v) is 9.91. The van der Waals surface area contributed by atoms with Crippen molar-refractivity contribution in [3.05, 3.63) is 11.6 Å². The molecule has 0 saturated heterocycles.